The maximum Gasteiger partial charge on any atom is 0.212 e. The van der Waals surface area contributed by atoms with E-state index in [0.717, 1.165) is 12.0 Å². The molecular formula is C12H20N2O2. The van der Waals surface area contributed by atoms with Crippen LogP contribution in [0.1, 0.15) is 31.9 Å². The third kappa shape index (κ3) is 2.51. The second-order valence-electron chi connectivity index (χ2n) is 4.25. The van der Waals surface area contributed by atoms with Crippen molar-refractivity contribution in [1.29, 1.82) is 0 Å². The molecule has 0 bridgehead atoms. The fourth-order valence-electron chi connectivity index (χ4n) is 1.53. The van der Waals surface area contributed by atoms with Gasteiger partial charge in [-0.1, -0.05) is 13.8 Å². The molecule has 0 aliphatic rings. The molecule has 0 amide bonds. The molecule has 0 aliphatic heterocycles. The molecule has 0 aliphatic carbocycles. The lowest BCUT2D eigenvalue weighted by Crippen LogP contribution is -2.33. The maximum absolute atomic E-state index is 10.2. The average Bonchev–Trinajstić information content (AvgIpc) is 2.37. The zero-order valence-electron chi connectivity index (χ0n) is 10.1. The van der Waals surface area contributed by atoms with E-state index < -0.39 is 6.10 Å². The Morgan fingerprint density at radius 2 is 2.25 bits per heavy atom. The van der Waals surface area contributed by atoms with E-state index in [1.807, 2.05) is 19.9 Å². The summed E-state index contributed by atoms with van der Waals surface area (Å²) < 4.78 is 4.97. The standard InChI is InChI=1S/C12H20N2O2/c1-4-12(2,8-13)11(15)9-5-6-10(16-3)14-7-9/h5-7,11,15H,4,8,13H2,1-3H3. The minimum Gasteiger partial charge on any atom is -0.481 e. The highest BCUT2D eigenvalue weighted by Crippen LogP contribution is 2.35. The fourth-order valence-corrected chi connectivity index (χ4v) is 1.53. The minimum absolute atomic E-state index is 0.309. The van der Waals surface area contributed by atoms with Crippen LogP contribution in [0.3, 0.4) is 0 Å². The summed E-state index contributed by atoms with van der Waals surface area (Å²) >= 11 is 0. The normalized spacial score (nSPS) is 16.6. The van der Waals surface area contributed by atoms with Crippen molar-refractivity contribution in [2.75, 3.05) is 13.7 Å². The molecule has 3 N–H and O–H groups in total. The fraction of sp³-hybridized carbons (Fsp3) is 0.583. The van der Waals surface area contributed by atoms with Gasteiger partial charge in [-0.25, -0.2) is 4.98 Å². The molecule has 0 aromatic carbocycles. The highest BCUT2D eigenvalue weighted by molar-refractivity contribution is 5.21. The summed E-state index contributed by atoms with van der Waals surface area (Å²) in [4.78, 5) is 4.08. The summed E-state index contributed by atoms with van der Waals surface area (Å²) in [5, 5.41) is 10.2. The number of aliphatic hydroxyl groups excluding tert-OH is 1. The number of nitrogens with two attached hydrogens (primary N) is 1. The van der Waals surface area contributed by atoms with Crippen molar-refractivity contribution in [3.8, 4) is 5.88 Å². The van der Waals surface area contributed by atoms with Crippen LogP contribution in [0.2, 0.25) is 0 Å². The number of aromatic nitrogens is 1. The van der Waals surface area contributed by atoms with Crippen LogP contribution in [0.25, 0.3) is 0 Å². The molecule has 16 heavy (non-hydrogen) atoms. The third-order valence-electron chi connectivity index (χ3n) is 3.22. The van der Waals surface area contributed by atoms with E-state index >= 15 is 0 Å². The van der Waals surface area contributed by atoms with Gasteiger partial charge in [-0.2, -0.15) is 0 Å². The van der Waals surface area contributed by atoms with Crippen LogP contribution in [0.4, 0.5) is 0 Å². The van der Waals surface area contributed by atoms with Crippen molar-refractivity contribution in [1.82, 2.24) is 4.98 Å². The second-order valence-corrected chi connectivity index (χ2v) is 4.25. The Hall–Kier alpha value is -1.13. The summed E-state index contributed by atoms with van der Waals surface area (Å²) in [6, 6.07) is 3.56. The van der Waals surface area contributed by atoms with E-state index in [4.69, 9.17) is 10.5 Å². The van der Waals surface area contributed by atoms with Crippen molar-refractivity contribution in [3.05, 3.63) is 23.9 Å². The molecule has 2 unspecified atom stereocenters. The first-order chi connectivity index (χ1) is 7.57. The number of methoxy groups -OCH3 is 1. The molecule has 0 saturated heterocycles. The number of hydrogen-bond donors (Lipinski definition) is 2. The monoisotopic (exact) mass is 224 g/mol. The quantitative estimate of drug-likeness (QED) is 0.795. The number of ether oxygens (including phenoxy) is 1. The smallest absolute Gasteiger partial charge is 0.212 e. The van der Waals surface area contributed by atoms with Crippen molar-refractivity contribution in [2.45, 2.75) is 26.4 Å². The molecule has 0 spiro atoms. The lowest BCUT2D eigenvalue weighted by atomic mass is 9.79. The predicted octanol–water partition coefficient (Wildman–Crippen LogP) is 1.50. The Kier molecular flexibility index (Phi) is 4.26. The van der Waals surface area contributed by atoms with E-state index in [2.05, 4.69) is 4.98 Å². The Labute approximate surface area is 96.5 Å². The van der Waals surface area contributed by atoms with E-state index in [1.165, 1.54) is 0 Å². The SMILES string of the molecule is CCC(C)(CN)C(O)c1ccc(OC)nc1. The second kappa shape index (κ2) is 5.27. The van der Waals surface area contributed by atoms with Gasteiger partial charge >= 0.3 is 0 Å². The summed E-state index contributed by atoms with van der Waals surface area (Å²) in [7, 11) is 1.56. The Morgan fingerprint density at radius 3 is 2.62 bits per heavy atom. The van der Waals surface area contributed by atoms with Gasteiger partial charge in [0.1, 0.15) is 0 Å². The van der Waals surface area contributed by atoms with Gasteiger partial charge in [0.2, 0.25) is 5.88 Å². The first kappa shape index (κ1) is 12.9. The predicted molar refractivity (Wildman–Crippen MR) is 63.2 cm³/mol. The van der Waals surface area contributed by atoms with Gasteiger partial charge in [0.05, 0.1) is 13.2 Å². The zero-order valence-corrected chi connectivity index (χ0v) is 10.1. The number of pyridine rings is 1. The van der Waals surface area contributed by atoms with Crippen LogP contribution in [0, 0.1) is 5.41 Å². The molecule has 4 heteroatoms. The summed E-state index contributed by atoms with van der Waals surface area (Å²) in [5.41, 5.74) is 6.17. The van der Waals surface area contributed by atoms with Crippen LogP contribution in [0.15, 0.2) is 18.3 Å². The minimum atomic E-state index is -0.596. The van der Waals surface area contributed by atoms with E-state index in [1.54, 1.807) is 19.4 Å². The highest BCUT2D eigenvalue weighted by atomic mass is 16.5. The van der Waals surface area contributed by atoms with Crippen molar-refractivity contribution >= 4 is 0 Å². The first-order valence-electron chi connectivity index (χ1n) is 5.45. The largest absolute Gasteiger partial charge is 0.481 e. The summed E-state index contributed by atoms with van der Waals surface area (Å²) in [6.07, 6.45) is 1.85. The van der Waals surface area contributed by atoms with Gasteiger partial charge in [-0.15, -0.1) is 0 Å². The van der Waals surface area contributed by atoms with Gasteiger partial charge < -0.3 is 15.6 Å². The van der Waals surface area contributed by atoms with Crippen LogP contribution in [-0.4, -0.2) is 23.7 Å². The maximum atomic E-state index is 10.2. The molecule has 0 fully saturated rings. The molecular weight excluding hydrogens is 204 g/mol. The number of hydrogen-bond acceptors (Lipinski definition) is 4. The van der Waals surface area contributed by atoms with Crippen molar-refractivity contribution in [3.63, 3.8) is 0 Å². The van der Waals surface area contributed by atoms with Gasteiger partial charge in [0.15, 0.2) is 0 Å². The molecule has 1 aromatic rings. The Bertz CT molecular complexity index is 320. The van der Waals surface area contributed by atoms with Crippen molar-refractivity contribution in [2.24, 2.45) is 11.1 Å². The van der Waals surface area contributed by atoms with Crippen LogP contribution in [-0.2, 0) is 0 Å². The lowest BCUT2D eigenvalue weighted by Gasteiger charge is -2.32. The molecule has 0 radical (unpaired) electrons. The van der Waals surface area contributed by atoms with E-state index in [-0.39, 0.29) is 5.41 Å². The van der Waals surface area contributed by atoms with E-state index in [9.17, 15) is 5.11 Å². The number of aliphatic hydroxyl groups is 1. The Morgan fingerprint density at radius 1 is 1.56 bits per heavy atom. The molecule has 1 rings (SSSR count). The summed E-state index contributed by atoms with van der Waals surface area (Å²) in [5.74, 6) is 0.543. The molecule has 1 heterocycles. The summed E-state index contributed by atoms with van der Waals surface area (Å²) in [6.45, 7) is 4.44. The van der Waals surface area contributed by atoms with Gasteiger partial charge in [-0.3, -0.25) is 0 Å². The molecule has 1 aromatic heterocycles. The Balaban J connectivity index is 2.90. The number of rotatable bonds is 5. The molecule has 90 valence electrons. The lowest BCUT2D eigenvalue weighted by molar-refractivity contribution is 0.0388. The van der Waals surface area contributed by atoms with Crippen LogP contribution < -0.4 is 10.5 Å². The third-order valence-corrected chi connectivity index (χ3v) is 3.22. The van der Waals surface area contributed by atoms with Crippen LogP contribution >= 0.6 is 0 Å². The van der Waals surface area contributed by atoms with Crippen molar-refractivity contribution < 1.29 is 9.84 Å². The highest BCUT2D eigenvalue weighted by Gasteiger charge is 2.31. The van der Waals surface area contributed by atoms with Crippen LogP contribution in [0.5, 0.6) is 5.88 Å². The van der Waals surface area contributed by atoms with Gasteiger partial charge in [0.25, 0.3) is 0 Å². The first-order valence-corrected chi connectivity index (χ1v) is 5.45. The van der Waals surface area contributed by atoms with Gasteiger partial charge in [-0.05, 0) is 18.1 Å². The average molecular weight is 224 g/mol. The van der Waals surface area contributed by atoms with Gasteiger partial charge in [0, 0.05) is 24.2 Å². The number of nitrogens with zero attached hydrogens (tertiary/aromatic N) is 1. The molecule has 4 nitrogen and oxygen atoms in total. The molecule has 2 atom stereocenters. The zero-order chi connectivity index (χ0) is 12.2. The molecule has 0 saturated carbocycles. The topological polar surface area (TPSA) is 68.4 Å². The van der Waals surface area contributed by atoms with E-state index in [0.29, 0.717) is 12.4 Å².